The quantitative estimate of drug-likeness (QED) is 0.348. The van der Waals surface area contributed by atoms with Gasteiger partial charge in [-0.15, -0.1) is 16.4 Å². The molecule has 1 fully saturated rings. The molecule has 10 heteroatoms. The smallest absolute Gasteiger partial charge is 0.247 e. The van der Waals surface area contributed by atoms with Crippen LogP contribution in [0.15, 0.2) is 45.9 Å². The highest BCUT2D eigenvalue weighted by atomic mass is 35.5. The van der Waals surface area contributed by atoms with Gasteiger partial charge < -0.3 is 5.73 Å². The number of rotatable bonds is 4. The molecule has 0 radical (unpaired) electrons. The molecule has 3 rings (SSSR count). The fourth-order valence-electron chi connectivity index (χ4n) is 2.28. The number of thiophene rings is 1. The Morgan fingerprint density at radius 2 is 2.15 bits per heavy atom. The highest BCUT2D eigenvalue weighted by Gasteiger charge is 2.41. The van der Waals surface area contributed by atoms with Gasteiger partial charge in [0.2, 0.25) is 11.8 Å². The molecule has 6 nitrogen and oxygen atoms in total. The van der Waals surface area contributed by atoms with Gasteiger partial charge in [-0.2, -0.15) is 5.10 Å². The maximum atomic E-state index is 12.6. The molecule has 0 spiro atoms. The van der Waals surface area contributed by atoms with Crippen LogP contribution in [0.2, 0.25) is 10.0 Å². The Labute approximate surface area is 167 Å². The van der Waals surface area contributed by atoms with Crippen LogP contribution in [0.3, 0.4) is 0 Å². The van der Waals surface area contributed by atoms with E-state index in [0.29, 0.717) is 5.02 Å². The molecule has 0 bridgehead atoms. The molecule has 1 atom stereocenters. The molecule has 26 heavy (non-hydrogen) atoms. The van der Waals surface area contributed by atoms with Crippen molar-refractivity contribution in [3.8, 4) is 0 Å². The van der Waals surface area contributed by atoms with Gasteiger partial charge in [0, 0.05) is 16.3 Å². The Morgan fingerprint density at radius 1 is 1.35 bits per heavy atom. The van der Waals surface area contributed by atoms with Gasteiger partial charge in [0.05, 0.1) is 16.9 Å². The van der Waals surface area contributed by atoms with Gasteiger partial charge in [-0.1, -0.05) is 41.0 Å². The average Bonchev–Trinajstić information content (AvgIpc) is 3.19. The maximum Gasteiger partial charge on any atom is 0.247 e. The number of carbonyl (C=O) groups is 2. The summed E-state index contributed by atoms with van der Waals surface area (Å²) in [5.74, 6) is -0.781. The van der Waals surface area contributed by atoms with Crippen LogP contribution in [0.5, 0.6) is 0 Å². The second-order valence-electron chi connectivity index (χ2n) is 5.17. The van der Waals surface area contributed by atoms with Crippen LogP contribution < -0.4 is 10.6 Å². The number of hydrogen-bond donors (Lipinski definition) is 1. The minimum Gasteiger partial charge on any atom is -0.377 e. The molecule has 1 aliphatic heterocycles. The van der Waals surface area contributed by atoms with E-state index >= 15 is 0 Å². The topological polar surface area (TPSA) is 88.1 Å². The number of anilines is 1. The number of thioether (sulfide) groups is 1. The average molecular weight is 427 g/mol. The summed E-state index contributed by atoms with van der Waals surface area (Å²) in [6.07, 6.45) is 1.56. The minimum absolute atomic E-state index is 0.00278. The first-order valence-electron chi connectivity index (χ1n) is 7.34. The van der Waals surface area contributed by atoms with Crippen molar-refractivity contribution in [2.45, 2.75) is 11.7 Å². The predicted octanol–water partition coefficient (Wildman–Crippen LogP) is 3.77. The molecule has 1 aliphatic rings. The van der Waals surface area contributed by atoms with E-state index in [4.69, 9.17) is 28.9 Å². The Kier molecular flexibility index (Phi) is 5.98. The van der Waals surface area contributed by atoms with Crippen molar-refractivity contribution in [1.29, 1.82) is 0 Å². The molecule has 1 saturated heterocycles. The van der Waals surface area contributed by atoms with Gasteiger partial charge >= 0.3 is 0 Å². The second kappa shape index (κ2) is 8.22. The third-order valence-corrected chi connectivity index (χ3v) is 5.74. The van der Waals surface area contributed by atoms with Gasteiger partial charge in [0.15, 0.2) is 5.17 Å². The van der Waals surface area contributed by atoms with Crippen LogP contribution in [0.1, 0.15) is 11.3 Å². The SMILES string of the molecule is N/C(=N\N=C\c1cccs1)SC1CC(=O)N(c2cc(Cl)ccc2Cl)C1=O. The Morgan fingerprint density at radius 3 is 2.88 bits per heavy atom. The Balaban J connectivity index is 1.71. The van der Waals surface area contributed by atoms with E-state index in [9.17, 15) is 9.59 Å². The summed E-state index contributed by atoms with van der Waals surface area (Å²) in [7, 11) is 0. The molecule has 1 aromatic heterocycles. The van der Waals surface area contributed by atoms with E-state index in [0.717, 1.165) is 21.5 Å². The minimum atomic E-state index is -0.682. The molecular weight excluding hydrogens is 415 g/mol. The van der Waals surface area contributed by atoms with Gasteiger partial charge in [0.25, 0.3) is 0 Å². The third-order valence-electron chi connectivity index (χ3n) is 3.40. The predicted molar refractivity (Wildman–Crippen MR) is 108 cm³/mol. The van der Waals surface area contributed by atoms with Gasteiger partial charge in [0.1, 0.15) is 5.25 Å². The number of amidine groups is 1. The molecule has 2 heterocycles. The summed E-state index contributed by atoms with van der Waals surface area (Å²) >= 11 is 14.6. The van der Waals surface area contributed by atoms with Gasteiger partial charge in [-0.05, 0) is 29.6 Å². The van der Waals surface area contributed by atoms with Crippen molar-refractivity contribution in [3.63, 3.8) is 0 Å². The van der Waals surface area contributed by atoms with E-state index in [1.807, 2.05) is 17.5 Å². The lowest BCUT2D eigenvalue weighted by molar-refractivity contribution is -0.121. The van der Waals surface area contributed by atoms with Crippen LogP contribution in [-0.4, -0.2) is 28.4 Å². The molecule has 1 unspecified atom stereocenters. The van der Waals surface area contributed by atoms with Crippen molar-refractivity contribution in [2.75, 3.05) is 4.90 Å². The highest BCUT2D eigenvalue weighted by molar-refractivity contribution is 8.14. The number of amides is 2. The van der Waals surface area contributed by atoms with Crippen LogP contribution in [0, 0.1) is 0 Å². The van der Waals surface area contributed by atoms with E-state index in [-0.39, 0.29) is 28.2 Å². The number of benzene rings is 1. The van der Waals surface area contributed by atoms with Crippen molar-refractivity contribution >= 4 is 75.2 Å². The fourth-order valence-corrected chi connectivity index (χ4v) is 4.05. The summed E-state index contributed by atoms with van der Waals surface area (Å²) in [6.45, 7) is 0. The van der Waals surface area contributed by atoms with Crippen molar-refractivity contribution in [2.24, 2.45) is 15.9 Å². The first-order chi connectivity index (χ1) is 12.5. The number of imide groups is 1. The zero-order valence-corrected chi connectivity index (χ0v) is 16.3. The highest BCUT2D eigenvalue weighted by Crippen LogP contribution is 2.35. The standard InChI is InChI=1S/C16H12Cl2N4O2S2/c17-9-3-4-11(18)12(6-9)22-14(23)7-13(15(22)24)26-16(19)21-20-8-10-2-1-5-25-10/h1-6,8,13H,7H2,(H2,19,21)/b20-8+. The van der Waals surface area contributed by atoms with Gasteiger partial charge in [-0.3, -0.25) is 9.59 Å². The van der Waals surface area contributed by atoms with E-state index < -0.39 is 11.2 Å². The van der Waals surface area contributed by atoms with Crippen LogP contribution in [0.25, 0.3) is 0 Å². The lowest BCUT2D eigenvalue weighted by atomic mass is 10.3. The number of nitrogens with zero attached hydrogens (tertiary/aromatic N) is 3. The zero-order chi connectivity index (χ0) is 18.7. The first-order valence-corrected chi connectivity index (χ1v) is 9.85. The van der Waals surface area contributed by atoms with Crippen LogP contribution in [-0.2, 0) is 9.59 Å². The monoisotopic (exact) mass is 426 g/mol. The number of carbonyl (C=O) groups excluding carboxylic acids is 2. The maximum absolute atomic E-state index is 12.6. The number of hydrogen-bond acceptors (Lipinski definition) is 6. The number of nitrogens with two attached hydrogens (primary N) is 1. The molecule has 0 saturated carbocycles. The molecule has 2 aromatic rings. The molecule has 134 valence electrons. The van der Waals surface area contributed by atoms with Crippen molar-refractivity contribution < 1.29 is 9.59 Å². The van der Waals surface area contributed by atoms with Crippen LogP contribution in [0.4, 0.5) is 5.69 Å². The molecular formula is C16H12Cl2N4O2S2. The molecule has 0 aliphatic carbocycles. The Hall–Kier alpha value is -1.87. The summed E-state index contributed by atoms with van der Waals surface area (Å²) in [5.41, 5.74) is 6.08. The second-order valence-corrected chi connectivity index (χ2v) is 8.22. The lowest BCUT2D eigenvalue weighted by Gasteiger charge is -2.16. The molecule has 1 aromatic carbocycles. The Bertz CT molecular complexity index is 900. The summed E-state index contributed by atoms with van der Waals surface area (Å²) in [5, 5.41) is 9.72. The van der Waals surface area contributed by atoms with E-state index in [2.05, 4.69) is 10.2 Å². The third kappa shape index (κ3) is 4.27. The summed E-state index contributed by atoms with van der Waals surface area (Å²) < 4.78 is 0. The summed E-state index contributed by atoms with van der Waals surface area (Å²) in [6, 6.07) is 8.39. The molecule has 2 N–H and O–H groups in total. The van der Waals surface area contributed by atoms with E-state index in [1.165, 1.54) is 23.5 Å². The molecule has 2 amide bonds. The largest absolute Gasteiger partial charge is 0.377 e. The van der Waals surface area contributed by atoms with Crippen molar-refractivity contribution in [1.82, 2.24) is 0 Å². The van der Waals surface area contributed by atoms with Crippen molar-refractivity contribution in [3.05, 3.63) is 50.6 Å². The summed E-state index contributed by atoms with van der Waals surface area (Å²) in [4.78, 5) is 26.9. The normalized spacial score (nSPS) is 18.3. The van der Waals surface area contributed by atoms with Gasteiger partial charge in [-0.25, -0.2) is 4.90 Å². The first kappa shape index (κ1) is 18.9. The van der Waals surface area contributed by atoms with Crippen LogP contribution >= 0.6 is 46.3 Å². The number of halogens is 2. The van der Waals surface area contributed by atoms with E-state index in [1.54, 1.807) is 12.3 Å². The lowest BCUT2D eigenvalue weighted by Crippen LogP contribution is -2.32. The fraction of sp³-hybridized carbons (Fsp3) is 0.125. The zero-order valence-electron chi connectivity index (χ0n) is 13.1.